The van der Waals surface area contributed by atoms with Gasteiger partial charge in [0.1, 0.15) is 0 Å². The lowest BCUT2D eigenvalue weighted by atomic mass is 10.3. The number of hydrogen-bond acceptors (Lipinski definition) is 1. The lowest BCUT2D eigenvalue weighted by Gasteiger charge is -2.09. The Morgan fingerprint density at radius 2 is 2.25 bits per heavy atom. The highest BCUT2D eigenvalue weighted by Gasteiger charge is 2.23. The Morgan fingerprint density at radius 1 is 1.50 bits per heavy atom. The molecule has 0 radical (unpaired) electrons. The third-order valence-corrected chi connectivity index (χ3v) is 2.72. The van der Waals surface area contributed by atoms with Crippen molar-refractivity contribution in [2.75, 3.05) is 7.11 Å². The molecule has 1 fully saturated rings. The van der Waals surface area contributed by atoms with Crippen LogP contribution in [0.5, 0.6) is 0 Å². The molecule has 8 heavy (non-hydrogen) atoms. The van der Waals surface area contributed by atoms with Gasteiger partial charge in [0.05, 0.1) is 6.10 Å². The number of hydrogen-bond donors (Lipinski definition) is 0. The Morgan fingerprint density at radius 3 is 2.50 bits per heavy atom. The highest BCUT2D eigenvalue weighted by atomic mass is 79.9. The average molecular weight is 179 g/mol. The first-order valence-electron chi connectivity index (χ1n) is 3.01. The molecule has 1 aliphatic carbocycles. The maximum absolute atomic E-state index is 5.18. The monoisotopic (exact) mass is 178 g/mol. The van der Waals surface area contributed by atoms with Crippen molar-refractivity contribution in [3.8, 4) is 0 Å². The van der Waals surface area contributed by atoms with Gasteiger partial charge in [-0.15, -0.1) is 0 Å². The van der Waals surface area contributed by atoms with E-state index in [0.717, 1.165) is 0 Å². The maximum atomic E-state index is 5.18. The molecule has 0 saturated heterocycles. The van der Waals surface area contributed by atoms with Crippen LogP contribution in [0.15, 0.2) is 0 Å². The molecule has 0 spiro atoms. The normalized spacial score (nSPS) is 38.2. The van der Waals surface area contributed by atoms with Crippen molar-refractivity contribution in [2.24, 2.45) is 0 Å². The molecule has 0 unspecified atom stereocenters. The molecule has 0 aromatic heterocycles. The highest BCUT2D eigenvalue weighted by Crippen LogP contribution is 2.27. The van der Waals surface area contributed by atoms with E-state index in [0.29, 0.717) is 10.9 Å². The number of methoxy groups -OCH3 is 1. The van der Waals surface area contributed by atoms with Crippen molar-refractivity contribution in [1.29, 1.82) is 0 Å². The SMILES string of the molecule is CO[C@H]1CCC[C@@H]1Br. The number of halogens is 1. The summed E-state index contributed by atoms with van der Waals surface area (Å²) in [5.74, 6) is 0. The molecule has 48 valence electrons. The van der Waals surface area contributed by atoms with Crippen LogP contribution in [0, 0.1) is 0 Å². The van der Waals surface area contributed by atoms with Crippen molar-refractivity contribution in [3.63, 3.8) is 0 Å². The van der Waals surface area contributed by atoms with Crippen molar-refractivity contribution in [2.45, 2.75) is 30.2 Å². The predicted octanol–water partition coefficient (Wildman–Crippen LogP) is 1.95. The van der Waals surface area contributed by atoms with E-state index in [9.17, 15) is 0 Å². The van der Waals surface area contributed by atoms with Crippen LogP contribution in [0.1, 0.15) is 19.3 Å². The Labute approximate surface area is 58.5 Å². The summed E-state index contributed by atoms with van der Waals surface area (Å²) >= 11 is 3.54. The maximum Gasteiger partial charge on any atom is 0.0696 e. The molecule has 0 heterocycles. The predicted molar refractivity (Wildman–Crippen MR) is 37.4 cm³/mol. The second-order valence-electron chi connectivity index (χ2n) is 2.22. The van der Waals surface area contributed by atoms with Crippen LogP contribution >= 0.6 is 15.9 Å². The van der Waals surface area contributed by atoms with E-state index >= 15 is 0 Å². The van der Waals surface area contributed by atoms with Gasteiger partial charge < -0.3 is 4.74 Å². The van der Waals surface area contributed by atoms with Crippen LogP contribution in [-0.2, 0) is 4.74 Å². The molecule has 0 aliphatic heterocycles. The van der Waals surface area contributed by atoms with Crippen molar-refractivity contribution in [1.82, 2.24) is 0 Å². The molecule has 1 aliphatic rings. The van der Waals surface area contributed by atoms with Gasteiger partial charge in [0, 0.05) is 11.9 Å². The van der Waals surface area contributed by atoms with Crippen molar-refractivity contribution >= 4 is 15.9 Å². The largest absolute Gasteiger partial charge is 0.380 e. The van der Waals surface area contributed by atoms with Crippen LogP contribution in [0.25, 0.3) is 0 Å². The summed E-state index contributed by atoms with van der Waals surface area (Å²) in [6.45, 7) is 0. The molecule has 2 atom stereocenters. The van der Waals surface area contributed by atoms with Crippen LogP contribution in [0.4, 0.5) is 0 Å². The second-order valence-corrected chi connectivity index (χ2v) is 3.40. The summed E-state index contributed by atoms with van der Waals surface area (Å²) in [6.07, 6.45) is 4.30. The smallest absolute Gasteiger partial charge is 0.0696 e. The van der Waals surface area contributed by atoms with E-state index in [-0.39, 0.29) is 0 Å². The standard InChI is InChI=1S/C6H11BrO/c1-8-6-4-2-3-5(6)7/h5-6H,2-4H2,1H3/t5-,6-/m0/s1. The van der Waals surface area contributed by atoms with Gasteiger partial charge in [0.25, 0.3) is 0 Å². The van der Waals surface area contributed by atoms with E-state index in [1.807, 2.05) is 0 Å². The molecule has 2 heteroatoms. The van der Waals surface area contributed by atoms with Gasteiger partial charge in [0.15, 0.2) is 0 Å². The van der Waals surface area contributed by atoms with Crippen LogP contribution in [0.3, 0.4) is 0 Å². The minimum absolute atomic E-state index is 0.481. The van der Waals surface area contributed by atoms with Gasteiger partial charge in [-0.25, -0.2) is 0 Å². The number of rotatable bonds is 1. The first kappa shape index (κ1) is 6.56. The quantitative estimate of drug-likeness (QED) is 0.559. The van der Waals surface area contributed by atoms with E-state index in [1.165, 1.54) is 19.3 Å². The number of alkyl halides is 1. The minimum atomic E-state index is 0.481. The van der Waals surface area contributed by atoms with Gasteiger partial charge in [-0.05, 0) is 19.3 Å². The Kier molecular flexibility index (Phi) is 2.32. The molecular formula is C6H11BrO. The summed E-state index contributed by atoms with van der Waals surface area (Å²) in [5, 5.41) is 0. The Balaban J connectivity index is 2.30. The fourth-order valence-electron chi connectivity index (χ4n) is 1.15. The molecule has 0 aromatic rings. The zero-order chi connectivity index (χ0) is 5.98. The van der Waals surface area contributed by atoms with Gasteiger partial charge in [-0.3, -0.25) is 0 Å². The molecule has 0 bridgehead atoms. The van der Waals surface area contributed by atoms with E-state index in [2.05, 4.69) is 15.9 Å². The fraction of sp³-hybridized carbons (Fsp3) is 1.00. The second kappa shape index (κ2) is 2.83. The van der Waals surface area contributed by atoms with Crippen molar-refractivity contribution in [3.05, 3.63) is 0 Å². The summed E-state index contributed by atoms with van der Waals surface area (Å²) in [5.41, 5.74) is 0. The lowest BCUT2D eigenvalue weighted by molar-refractivity contribution is 0.114. The van der Waals surface area contributed by atoms with E-state index < -0.39 is 0 Å². The lowest BCUT2D eigenvalue weighted by Crippen LogP contribution is -2.14. The van der Waals surface area contributed by atoms with Crippen molar-refractivity contribution < 1.29 is 4.74 Å². The first-order chi connectivity index (χ1) is 3.84. The zero-order valence-electron chi connectivity index (χ0n) is 5.06. The average Bonchev–Trinajstić information content (AvgIpc) is 2.14. The van der Waals surface area contributed by atoms with Gasteiger partial charge in [-0.1, -0.05) is 15.9 Å². The van der Waals surface area contributed by atoms with Crippen LogP contribution < -0.4 is 0 Å². The fourth-order valence-corrected chi connectivity index (χ4v) is 1.95. The first-order valence-corrected chi connectivity index (χ1v) is 3.93. The topological polar surface area (TPSA) is 9.23 Å². The van der Waals surface area contributed by atoms with Gasteiger partial charge in [-0.2, -0.15) is 0 Å². The van der Waals surface area contributed by atoms with E-state index in [4.69, 9.17) is 4.74 Å². The molecule has 1 saturated carbocycles. The molecule has 1 nitrogen and oxygen atoms in total. The number of ether oxygens (including phenoxy) is 1. The molecular weight excluding hydrogens is 168 g/mol. The van der Waals surface area contributed by atoms with Gasteiger partial charge >= 0.3 is 0 Å². The molecule has 0 amide bonds. The van der Waals surface area contributed by atoms with Gasteiger partial charge in [0.2, 0.25) is 0 Å². The minimum Gasteiger partial charge on any atom is -0.380 e. The molecule has 0 aromatic carbocycles. The zero-order valence-corrected chi connectivity index (χ0v) is 6.65. The molecule has 0 N–H and O–H groups in total. The summed E-state index contributed by atoms with van der Waals surface area (Å²) in [6, 6.07) is 0. The summed E-state index contributed by atoms with van der Waals surface area (Å²) in [4.78, 5) is 0.618. The summed E-state index contributed by atoms with van der Waals surface area (Å²) in [7, 11) is 1.78. The highest BCUT2D eigenvalue weighted by molar-refractivity contribution is 9.09. The Hall–Kier alpha value is 0.440. The van der Waals surface area contributed by atoms with E-state index in [1.54, 1.807) is 7.11 Å². The third-order valence-electron chi connectivity index (χ3n) is 1.67. The Bertz CT molecular complexity index is 74.9. The van der Waals surface area contributed by atoms with Crippen LogP contribution in [-0.4, -0.2) is 18.0 Å². The third kappa shape index (κ3) is 1.23. The van der Waals surface area contributed by atoms with Crippen LogP contribution in [0.2, 0.25) is 0 Å². The summed E-state index contributed by atoms with van der Waals surface area (Å²) < 4.78 is 5.18. The molecule has 1 rings (SSSR count).